The Morgan fingerprint density at radius 2 is 1.89 bits per heavy atom. The van der Waals surface area contributed by atoms with Gasteiger partial charge >= 0.3 is 5.97 Å². The van der Waals surface area contributed by atoms with Crippen LogP contribution in [0.15, 0.2) is 0 Å². The van der Waals surface area contributed by atoms with Crippen LogP contribution in [-0.2, 0) is 14.3 Å². The highest BCUT2D eigenvalue weighted by Gasteiger charge is 2.35. The minimum absolute atomic E-state index is 0.0140. The zero-order valence-corrected chi connectivity index (χ0v) is 12.2. The highest BCUT2D eigenvalue weighted by molar-refractivity contribution is 5.86. The molecule has 0 spiro atoms. The van der Waals surface area contributed by atoms with Crippen LogP contribution < -0.4 is 5.73 Å². The summed E-state index contributed by atoms with van der Waals surface area (Å²) in [5.41, 5.74) is 5.07. The van der Waals surface area contributed by atoms with Gasteiger partial charge in [-0.1, -0.05) is 6.92 Å². The minimum atomic E-state index is -0.614. The van der Waals surface area contributed by atoms with Crippen molar-refractivity contribution in [3.05, 3.63) is 0 Å². The number of rotatable bonds is 7. The van der Waals surface area contributed by atoms with Crippen LogP contribution in [0.5, 0.6) is 0 Å². The third kappa shape index (κ3) is 4.29. The molecular weight excluding hydrogens is 232 g/mol. The summed E-state index contributed by atoms with van der Waals surface area (Å²) in [6.07, 6.45) is 0.647. The molecule has 5 nitrogen and oxygen atoms in total. The number of nitrogens with zero attached hydrogens (tertiary/aromatic N) is 1. The zero-order chi connectivity index (χ0) is 14.3. The number of amides is 1. The number of hydrogen-bond acceptors (Lipinski definition) is 4. The van der Waals surface area contributed by atoms with E-state index in [2.05, 4.69) is 0 Å². The second-order valence-corrected chi connectivity index (χ2v) is 4.95. The monoisotopic (exact) mass is 258 g/mol. The molecule has 0 radical (unpaired) electrons. The van der Waals surface area contributed by atoms with Crippen LogP contribution in [0, 0.1) is 5.41 Å². The van der Waals surface area contributed by atoms with E-state index >= 15 is 0 Å². The highest BCUT2D eigenvalue weighted by Crippen LogP contribution is 2.23. The van der Waals surface area contributed by atoms with Crippen LogP contribution in [0.3, 0.4) is 0 Å². The van der Waals surface area contributed by atoms with Gasteiger partial charge in [0.05, 0.1) is 12.0 Å². The summed E-state index contributed by atoms with van der Waals surface area (Å²) in [6.45, 7) is 9.83. The Balaban J connectivity index is 4.90. The average molecular weight is 258 g/mol. The Kier molecular flexibility index (Phi) is 6.91. The maximum absolute atomic E-state index is 12.4. The number of carbonyl (C=O) groups excluding carboxylic acids is 2. The molecular formula is C13H26N2O3. The van der Waals surface area contributed by atoms with E-state index in [4.69, 9.17) is 10.5 Å². The zero-order valence-electron chi connectivity index (χ0n) is 12.2. The molecule has 0 bridgehead atoms. The van der Waals surface area contributed by atoms with Gasteiger partial charge in [0.1, 0.15) is 6.54 Å². The van der Waals surface area contributed by atoms with Crippen LogP contribution in [0.1, 0.15) is 41.0 Å². The fraction of sp³-hybridized carbons (Fsp3) is 0.846. The average Bonchev–Trinajstić information content (AvgIpc) is 2.34. The topological polar surface area (TPSA) is 72.6 Å². The lowest BCUT2D eigenvalue weighted by Crippen LogP contribution is -2.50. The van der Waals surface area contributed by atoms with Gasteiger partial charge in [-0.15, -0.1) is 0 Å². The second kappa shape index (κ2) is 7.36. The number of ether oxygens (including phenoxy) is 1. The number of esters is 1. The lowest BCUT2D eigenvalue weighted by Gasteiger charge is -2.34. The van der Waals surface area contributed by atoms with E-state index in [1.165, 1.54) is 4.90 Å². The lowest BCUT2D eigenvalue weighted by atomic mass is 9.85. The van der Waals surface area contributed by atoms with Crippen LogP contribution in [0.25, 0.3) is 0 Å². The third-order valence-corrected chi connectivity index (χ3v) is 3.24. The van der Waals surface area contributed by atoms with Gasteiger partial charge in [-0.25, -0.2) is 0 Å². The van der Waals surface area contributed by atoms with E-state index in [1.54, 1.807) is 6.92 Å². The van der Waals surface area contributed by atoms with Crippen LogP contribution in [0.2, 0.25) is 0 Å². The normalized spacial score (nSPS) is 14.2. The number of nitrogens with two attached hydrogens (primary N) is 1. The Hall–Kier alpha value is -1.10. The molecule has 0 aromatic carbocycles. The standard InChI is InChI=1S/C13H26N2O3/c1-6-13(5,9-14)12(17)15(10(3)4)8-11(16)18-7-2/h10H,6-9,14H2,1-5H3. The molecule has 0 saturated carbocycles. The van der Waals surface area contributed by atoms with Crippen molar-refractivity contribution >= 4 is 11.9 Å². The summed E-state index contributed by atoms with van der Waals surface area (Å²) in [5, 5.41) is 0. The maximum Gasteiger partial charge on any atom is 0.325 e. The predicted molar refractivity (Wildman–Crippen MR) is 70.9 cm³/mol. The lowest BCUT2D eigenvalue weighted by molar-refractivity contribution is -0.154. The Labute approximate surface area is 110 Å². The van der Waals surface area contributed by atoms with Crippen molar-refractivity contribution in [1.82, 2.24) is 4.90 Å². The van der Waals surface area contributed by atoms with E-state index in [-0.39, 0.29) is 31.0 Å². The minimum Gasteiger partial charge on any atom is -0.465 e. The van der Waals surface area contributed by atoms with Crippen molar-refractivity contribution in [2.75, 3.05) is 19.7 Å². The summed E-state index contributed by atoms with van der Waals surface area (Å²) < 4.78 is 4.89. The summed E-state index contributed by atoms with van der Waals surface area (Å²) in [4.78, 5) is 25.5. The smallest absolute Gasteiger partial charge is 0.325 e. The molecule has 0 rings (SSSR count). The van der Waals surface area contributed by atoms with Crippen molar-refractivity contribution in [1.29, 1.82) is 0 Å². The molecule has 18 heavy (non-hydrogen) atoms. The fourth-order valence-corrected chi connectivity index (χ4v) is 1.56. The summed E-state index contributed by atoms with van der Waals surface area (Å²) >= 11 is 0. The van der Waals surface area contributed by atoms with Crippen LogP contribution in [-0.4, -0.2) is 42.5 Å². The van der Waals surface area contributed by atoms with Gasteiger partial charge in [0.2, 0.25) is 5.91 Å². The third-order valence-electron chi connectivity index (χ3n) is 3.24. The first-order chi connectivity index (χ1) is 8.32. The van der Waals surface area contributed by atoms with Gasteiger partial charge in [-0.05, 0) is 34.1 Å². The molecule has 0 aliphatic heterocycles. The summed E-state index contributed by atoms with van der Waals surface area (Å²) in [5.74, 6) is -0.467. The molecule has 1 unspecified atom stereocenters. The Morgan fingerprint density at radius 1 is 1.33 bits per heavy atom. The van der Waals surface area contributed by atoms with Gasteiger partial charge in [0.25, 0.3) is 0 Å². The molecule has 0 aromatic heterocycles. The van der Waals surface area contributed by atoms with Crippen molar-refractivity contribution in [3.8, 4) is 0 Å². The molecule has 1 amide bonds. The van der Waals surface area contributed by atoms with Crippen LogP contribution in [0.4, 0.5) is 0 Å². The first-order valence-corrected chi connectivity index (χ1v) is 6.49. The molecule has 0 saturated heterocycles. The van der Waals surface area contributed by atoms with Crippen molar-refractivity contribution < 1.29 is 14.3 Å². The van der Waals surface area contributed by atoms with Gasteiger partial charge in [0.15, 0.2) is 0 Å². The van der Waals surface area contributed by atoms with Crippen molar-refractivity contribution in [3.63, 3.8) is 0 Å². The van der Waals surface area contributed by atoms with Gasteiger partial charge in [-0.2, -0.15) is 0 Å². The largest absolute Gasteiger partial charge is 0.465 e. The Morgan fingerprint density at radius 3 is 2.22 bits per heavy atom. The number of hydrogen-bond donors (Lipinski definition) is 1. The molecule has 0 aromatic rings. The number of carbonyl (C=O) groups is 2. The molecule has 2 N–H and O–H groups in total. The molecule has 0 heterocycles. The first kappa shape index (κ1) is 16.9. The van der Waals surface area contributed by atoms with Crippen molar-refractivity contribution in [2.45, 2.75) is 47.1 Å². The maximum atomic E-state index is 12.4. The first-order valence-electron chi connectivity index (χ1n) is 6.49. The van der Waals surface area contributed by atoms with E-state index in [1.807, 2.05) is 27.7 Å². The van der Waals surface area contributed by atoms with E-state index in [0.717, 1.165) is 0 Å². The van der Waals surface area contributed by atoms with Gasteiger partial charge in [0, 0.05) is 12.6 Å². The van der Waals surface area contributed by atoms with Gasteiger partial charge in [-0.3, -0.25) is 9.59 Å². The summed E-state index contributed by atoms with van der Waals surface area (Å²) in [7, 11) is 0. The molecule has 5 heteroatoms. The molecule has 0 fully saturated rings. The molecule has 0 aliphatic carbocycles. The SMILES string of the molecule is CCOC(=O)CN(C(=O)C(C)(CC)CN)C(C)C. The van der Waals surface area contributed by atoms with E-state index in [9.17, 15) is 9.59 Å². The van der Waals surface area contributed by atoms with Crippen LogP contribution >= 0.6 is 0 Å². The molecule has 106 valence electrons. The Bertz CT molecular complexity index is 286. The fourth-order valence-electron chi connectivity index (χ4n) is 1.56. The summed E-state index contributed by atoms with van der Waals surface area (Å²) in [6, 6.07) is -0.0562. The quantitative estimate of drug-likeness (QED) is 0.696. The highest BCUT2D eigenvalue weighted by atomic mass is 16.5. The van der Waals surface area contributed by atoms with Crippen molar-refractivity contribution in [2.24, 2.45) is 11.1 Å². The van der Waals surface area contributed by atoms with Gasteiger partial charge < -0.3 is 15.4 Å². The predicted octanol–water partition coefficient (Wildman–Crippen LogP) is 1.16. The van der Waals surface area contributed by atoms with E-state index in [0.29, 0.717) is 13.0 Å². The molecule has 0 aliphatic rings. The molecule has 1 atom stereocenters. The second-order valence-electron chi connectivity index (χ2n) is 4.95. The van der Waals surface area contributed by atoms with E-state index < -0.39 is 5.41 Å².